The summed E-state index contributed by atoms with van der Waals surface area (Å²) in [6.45, 7) is 0. The van der Waals surface area contributed by atoms with Gasteiger partial charge in [0.05, 0.1) is 6.04 Å². The quantitative estimate of drug-likeness (QED) is 0.881. The van der Waals surface area contributed by atoms with Crippen LogP contribution < -0.4 is 5.73 Å². The van der Waals surface area contributed by atoms with Gasteiger partial charge in [0.1, 0.15) is 0 Å². The van der Waals surface area contributed by atoms with Gasteiger partial charge in [-0.25, -0.2) is 0 Å². The van der Waals surface area contributed by atoms with Crippen LogP contribution in [0, 0.1) is 12.3 Å². The van der Waals surface area contributed by atoms with E-state index in [9.17, 15) is 0 Å². The van der Waals surface area contributed by atoms with E-state index in [0.29, 0.717) is 24.6 Å². The molecule has 0 amide bonds. The molecule has 2 N–H and O–H groups in total. The van der Waals surface area contributed by atoms with Crippen LogP contribution in [0.1, 0.15) is 29.7 Å². The Hall–Kier alpha value is -1.64. The van der Waals surface area contributed by atoms with Gasteiger partial charge in [-0.05, 0) is 17.7 Å². The Bertz CT molecular complexity index is 556. The number of rotatable bonds is 4. The fourth-order valence-electron chi connectivity index (χ4n) is 1.49. The summed E-state index contributed by atoms with van der Waals surface area (Å²) < 4.78 is 6.12. The van der Waals surface area contributed by atoms with Crippen LogP contribution in [0.5, 0.6) is 0 Å². The van der Waals surface area contributed by atoms with Crippen molar-refractivity contribution in [3.05, 3.63) is 46.0 Å². The van der Waals surface area contributed by atoms with Crippen LogP contribution in [0.4, 0.5) is 0 Å². The van der Waals surface area contributed by atoms with Crippen molar-refractivity contribution in [2.45, 2.75) is 18.9 Å². The standard InChI is InChI=1S/C13H12BrN3O/c1-2-3-11(15)13-16-12(17-18-13)8-9-4-6-10(14)7-5-9/h1,4-7,11H,3,8,15H2. The van der Waals surface area contributed by atoms with Crippen molar-refractivity contribution in [1.29, 1.82) is 0 Å². The van der Waals surface area contributed by atoms with Gasteiger partial charge in [-0.3, -0.25) is 0 Å². The molecule has 0 fully saturated rings. The normalized spacial score (nSPS) is 12.1. The van der Waals surface area contributed by atoms with E-state index in [1.165, 1.54) is 0 Å². The molecule has 4 nitrogen and oxygen atoms in total. The molecule has 1 aromatic heterocycles. The van der Waals surface area contributed by atoms with E-state index >= 15 is 0 Å². The van der Waals surface area contributed by atoms with Crippen LogP contribution in [0.25, 0.3) is 0 Å². The maximum Gasteiger partial charge on any atom is 0.244 e. The molecular weight excluding hydrogens is 294 g/mol. The topological polar surface area (TPSA) is 64.9 Å². The molecule has 1 unspecified atom stereocenters. The van der Waals surface area contributed by atoms with E-state index in [1.807, 2.05) is 24.3 Å². The lowest BCUT2D eigenvalue weighted by atomic mass is 10.1. The number of hydrogen-bond acceptors (Lipinski definition) is 4. The molecule has 5 heteroatoms. The van der Waals surface area contributed by atoms with E-state index in [4.69, 9.17) is 16.7 Å². The predicted octanol–water partition coefficient (Wildman–Crippen LogP) is 2.45. The van der Waals surface area contributed by atoms with Crippen molar-refractivity contribution in [2.24, 2.45) is 5.73 Å². The first-order valence-corrected chi connectivity index (χ1v) is 6.24. The fraction of sp³-hybridized carbons (Fsp3) is 0.231. The molecule has 0 saturated heterocycles. The number of terminal acetylenes is 1. The van der Waals surface area contributed by atoms with Gasteiger partial charge in [0.15, 0.2) is 5.82 Å². The highest BCUT2D eigenvalue weighted by atomic mass is 79.9. The number of nitrogens with two attached hydrogens (primary N) is 1. The summed E-state index contributed by atoms with van der Waals surface area (Å²) in [5, 5.41) is 3.89. The molecule has 0 saturated carbocycles. The van der Waals surface area contributed by atoms with Crippen LogP contribution in [-0.2, 0) is 6.42 Å². The first kappa shape index (κ1) is 12.8. The zero-order valence-electron chi connectivity index (χ0n) is 9.64. The monoisotopic (exact) mass is 305 g/mol. The molecule has 0 aliphatic rings. The molecule has 2 rings (SSSR count). The average Bonchev–Trinajstić information content (AvgIpc) is 2.81. The van der Waals surface area contributed by atoms with Crippen LogP contribution in [0.15, 0.2) is 33.3 Å². The van der Waals surface area contributed by atoms with E-state index in [-0.39, 0.29) is 6.04 Å². The molecule has 92 valence electrons. The Balaban J connectivity index is 2.07. The minimum atomic E-state index is -0.388. The second-order valence-corrected chi connectivity index (χ2v) is 4.78. The third kappa shape index (κ3) is 3.19. The number of halogens is 1. The Labute approximate surface area is 114 Å². The largest absolute Gasteiger partial charge is 0.338 e. The van der Waals surface area contributed by atoms with Crippen molar-refractivity contribution >= 4 is 15.9 Å². The predicted molar refractivity (Wildman–Crippen MR) is 71.6 cm³/mol. The van der Waals surface area contributed by atoms with Crippen LogP contribution >= 0.6 is 15.9 Å². The molecular formula is C13H12BrN3O. The maximum absolute atomic E-state index is 5.79. The van der Waals surface area contributed by atoms with Gasteiger partial charge in [-0.15, -0.1) is 12.3 Å². The number of nitrogens with zero attached hydrogens (tertiary/aromatic N) is 2. The number of benzene rings is 1. The third-order valence-corrected chi connectivity index (χ3v) is 2.94. The van der Waals surface area contributed by atoms with Gasteiger partial charge < -0.3 is 10.3 Å². The highest BCUT2D eigenvalue weighted by Gasteiger charge is 2.13. The third-order valence-electron chi connectivity index (χ3n) is 2.41. The molecule has 1 atom stereocenters. The van der Waals surface area contributed by atoms with E-state index in [0.717, 1.165) is 10.0 Å². The van der Waals surface area contributed by atoms with Crippen molar-refractivity contribution in [2.75, 3.05) is 0 Å². The summed E-state index contributed by atoms with van der Waals surface area (Å²) in [5.74, 6) is 3.47. The van der Waals surface area contributed by atoms with Gasteiger partial charge in [-0.2, -0.15) is 4.98 Å². The zero-order valence-corrected chi connectivity index (χ0v) is 11.2. The van der Waals surface area contributed by atoms with E-state index < -0.39 is 0 Å². The molecule has 0 spiro atoms. The molecule has 0 aliphatic carbocycles. The highest BCUT2D eigenvalue weighted by Crippen LogP contribution is 2.15. The Morgan fingerprint density at radius 3 is 2.78 bits per heavy atom. The first-order valence-electron chi connectivity index (χ1n) is 5.45. The molecule has 2 aromatic rings. The minimum absolute atomic E-state index is 0.388. The van der Waals surface area contributed by atoms with Gasteiger partial charge >= 0.3 is 0 Å². The molecule has 1 heterocycles. The SMILES string of the molecule is C#CCC(N)c1nc(Cc2ccc(Br)cc2)no1. The lowest BCUT2D eigenvalue weighted by Gasteiger charge is -1.99. The summed E-state index contributed by atoms with van der Waals surface area (Å²) in [6, 6.07) is 7.56. The summed E-state index contributed by atoms with van der Waals surface area (Å²) in [4.78, 5) is 4.24. The van der Waals surface area contributed by atoms with Gasteiger partial charge in [0.25, 0.3) is 0 Å². The maximum atomic E-state index is 5.79. The second kappa shape index (κ2) is 5.80. The summed E-state index contributed by atoms with van der Waals surface area (Å²) in [5.41, 5.74) is 6.89. The first-order chi connectivity index (χ1) is 8.69. The highest BCUT2D eigenvalue weighted by molar-refractivity contribution is 9.10. The van der Waals surface area contributed by atoms with Gasteiger partial charge in [-0.1, -0.05) is 33.2 Å². The lowest BCUT2D eigenvalue weighted by Crippen LogP contribution is -2.09. The lowest BCUT2D eigenvalue weighted by molar-refractivity contribution is 0.353. The summed E-state index contributed by atoms with van der Waals surface area (Å²) in [6.07, 6.45) is 6.19. The van der Waals surface area contributed by atoms with E-state index in [2.05, 4.69) is 32.0 Å². The van der Waals surface area contributed by atoms with Crippen LogP contribution in [0.3, 0.4) is 0 Å². The van der Waals surface area contributed by atoms with Crippen molar-refractivity contribution in [1.82, 2.24) is 10.1 Å². The van der Waals surface area contributed by atoms with E-state index in [1.54, 1.807) is 0 Å². The Kier molecular flexibility index (Phi) is 4.13. The number of hydrogen-bond donors (Lipinski definition) is 1. The number of aromatic nitrogens is 2. The van der Waals surface area contributed by atoms with Crippen molar-refractivity contribution in [3.8, 4) is 12.3 Å². The zero-order chi connectivity index (χ0) is 13.0. The van der Waals surface area contributed by atoms with Gasteiger partial charge in [0.2, 0.25) is 5.89 Å². The fourth-order valence-corrected chi connectivity index (χ4v) is 1.75. The molecule has 0 bridgehead atoms. The summed E-state index contributed by atoms with van der Waals surface area (Å²) in [7, 11) is 0. The second-order valence-electron chi connectivity index (χ2n) is 3.87. The minimum Gasteiger partial charge on any atom is -0.338 e. The molecule has 0 aliphatic heterocycles. The van der Waals surface area contributed by atoms with Crippen LogP contribution in [0.2, 0.25) is 0 Å². The summed E-state index contributed by atoms with van der Waals surface area (Å²) >= 11 is 3.39. The molecule has 1 aromatic carbocycles. The molecule has 18 heavy (non-hydrogen) atoms. The van der Waals surface area contributed by atoms with Crippen molar-refractivity contribution < 1.29 is 4.52 Å². The van der Waals surface area contributed by atoms with Crippen molar-refractivity contribution in [3.63, 3.8) is 0 Å². The Morgan fingerprint density at radius 2 is 2.11 bits per heavy atom. The average molecular weight is 306 g/mol. The Morgan fingerprint density at radius 1 is 1.39 bits per heavy atom. The smallest absolute Gasteiger partial charge is 0.244 e. The van der Waals surface area contributed by atoms with Gasteiger partial charge in [0, 0.05) is 17.3 Å². The van der Waals surface area contributed by atoms with Crippen LogP contribution in [-0.4, -0.2) is 10.1 Å². The molecule has 0 radical (unpaired) electrons.